The zero-order valence-corrected chi connectivity index (χ0v) is 20.9. The molecule has 0 radical (unpaired) electrons. The Morgan fingerprint density at radius 1 is 1.08 bits per heavy atom. The third kappa shape index (κ3) is 6.40. The molecule has 1 aliphatic heterocycles. The molecule has 2 aliphatic rings. The summed E-state index contributed by atoms with van der Waals surface area (Å²) in [7, 11) is 0. The molecule has 10 nitrogen and oxygen atoms in total. The minimum Gasteiger partial charge on any atom is -0.480 e. The number of pyridine rings is 1. The van der Waals surface area contributed by atoms with Crippen LogP contribution in [0.2, 0.25) is 0 Å². The molecular formula is C27H34N8O2. The first-order valence-corrected chi connectivity index (χ1v) is 12.8. The quantitative estimate of drug-likeness (QED) is 0.290. The van der Waals surface area contributed by atoms with E-state index in [1.54, 1.807) is 18.6 Å². The Kier molecular flexibility index (Phi) is 7.59. The first kappa shape index (κ1) is 25.1. The third-order valence-electron chi connectivity index (χ3n) is 7.04. The number of carbonyl (C=O) groups is 1. The molecule has 0 amide bonds. The standard InChI is InChI=1S/C27H34N8O2/c28-8-2-9-30-26-31-15-22(16-32-26)21-5-10-29-24(14-21)33-23-4-1-3-20(13-23)17-34-11-12-35(18-25(36)37)27(19-34)6-7-27/h1,3-5,10,13-16H,2,6-9,11-12,17-19,28H2,(H,29,33)(H,36,37)(H,30,31,32). The topological polar surface area (TPSA) is 133 Å². The van der Waals surface area contributed by atoms with Crippen LogP contribution in [0.25, 0.3) is 11.1 Å². The SMILES string of the molecule is NCCCNc1ncc(-c2ccnc(Nc3cccc(CN4CCN(CC(=O)O)C5(CC5)C4)c3)c2)cn1. The lowest BCUT2D eigenvalue weighted by molar-refractivity contribution is -0.140. The Hall–Kier alpha value is -3.60. The summed E-state index contributed by atoms with van der Waals surface area (Å²) >= 11 is 0. The second kappa shape index (κ2) is 11.2. The third-order valence-corrected chi connectivity index (χ3v) is 7.04. The van der Waals surface area contributed by atoms with Crippen LogP contribution in [0.1, 0.15) is 24.8 Å². The van der Waals surface area contributed by atoms with Gasteiger partial charge in [0.1, 0.15) is 5.82 Å². The highest BCUT2D eigenvalue weighted by Gasteiger charge is 2.51. The number of aliphatic carboxylic acids is 1. The molecular weight excluding hydrogens is 468 g/mol. The van der Waals surface area contributed by atoms with Crippen molar-refractivity contribution >= 4 is 23.4 Å². The maximum Gasteiger partial charge on any atom is 0.317 e. The molecule has 0 bridgehead atoms. The second-order valence-corrected chi connectivity index (χ2v) is 9.87. The Bertz CT molecular complexity index is 1220. The minimum atomic E-state index is -0.740. The normalized spacial score (nSPS) is 17.0. The molecule has 5 rings (SSSR count). The molecule has 37 heavy (non-hydrogen) atoms. The maximum absolute atomic E-state index is 11.2. The fraction of sp³-hybridized carbons (Fsp3) is 0.407. The number of benzene rings is 1. The van der Waals surface area contributed by atoms with Gasteiger partial charge in [-0.2, -0.15) is 0 Å². The molecule has 1 saturated carbocycles. The summed E-state index contributed by atoms with van der Waals surface area (Å²) in [6, 6.07) is 12.3. The van der Waals surface area contributed by atoms with Gasteiger partial charge in [-0.1, -0.05) is 12.1 Å². The van der Waals surface area contributed by atoms with Crippen molar-refractivity contribution in [3.05, 3.63) is 60.6 Å². The number of piperazine rings is 1. The summed E-state index contributed by atoms with van der Waals surface area (Å²) in [6.45, 7) is 4.96. The fourth-order valence-corrected chi connectivity index (χ4v) is 4.96. The predicted molar refractivity (Wildman–Crippen MR) is 144 cm³/mol. The molecule has 5 N–H and O–H groups in total. The molecule has 3 aromatic rings. The first-order valence-electron chi connectivity index (χ1n) is 12.8. The average molecular weight is 503 g/mol. The Labute approximate surface area is 216 Å². The molecule has 0 unspecified atom stereocenters. The van der Waals surface area contributed by atoms with Gasteiger partial charge in [-0.15, -0.1) is 0 Å². The summed E-state index contributed by atoms with van der Waals surface area (Å²) in [5, 5.41) is 15.8. The lowest BCUT2D eigenvalue weighted by Gasteiger charge is -2.41. The molecule has 2 fully saturated rings. The number of hydrogen-bond donors (Lipinski definition) is 4. The number of rotatable bonds is 11. The van der Waals surface area contributed by atoms with E-state index >= 15 is 0 Å². The van der Waals surface area contributed by atoms with Gasteiger partial charge in [-0.25, -0.2) is 15.0 Å². The number of carboxylic acid groups (broad SMARTS) is 1. The van der Waals surface area contributed by atoms with Gasteiger partial charge in [0.25, 0.3) is 0 Å². The Balaban J connectivity index is 1.20. The van der Waals surface area contributed by atoms with Gasteiger partial charge in [0.05, 0.1) is 6.54 Å². The van der Waals surface area contributed by atoms with Crippen molar-refractivity contribution in [3.63, 3.8) is 0 Å². The van der Waals surface area contributed by atoms with Crippen LogP contribution in [-0.4, -0.2) is 80.6 Å². The van der Waals surface area contributed by atoms with Crippen LogP contribution in [0.3, 0.4) is 0 Å². The van der Waals surface area contributed by atoms with E-state index in [2.05, 4.69) is 53.6 Å². The van der Waals surface area contributed by atoms with Crippen LogP contribution in [0.15, 0.2) is 55.0 Å². The summed E-state index contributed by atoms with van der Waals surface area (Å²) in [5.74, 6) is 0.604. The molecule has 1 saturated heterocycles. The van der Waals surface area contributed by atoms with E-state index in [4.69, 9.17) is 5.73 Å². The minimum absolute atomic E-state index is 0.0549. The van der Waals surface area contributed by atoms with Crippen molar-refractivity contribution < 1.29 is 9.90 Å². The molecule has 1 aliphatic carbocycles. The molecule has 194 valence electrons. The van der Waals surface area contributed by atoms with Gasteiger partial charge >= 0.3 is 5.97 Å². The lowest BCUT2D eigenvalue weighted by Crippen LogP contribution is -2.55. The summed E-state index contributed by atoms with van der Waals surface area (Å²) in [4.78, 5) is 29.1. The highest BCUT2D eigenvalue weighted by Crippen LogP contribution is 2.44. The number of carboxylic acids is 1. The van der Waals surface area contributed by atoms with E-state index in [-0.39, 0.29) is 12.1 Å². The van der Waals surface area contributed by atoms with E-state index in [0.29, 0.717) is 12.5 Å². The van der Waals surface area contributed by atoms with Crippen LogP contribution in [0.5, 0.6) is 0 Å². The summed E-state index contributed by atoms with van der Waals surface area (Å²) in [5.41, 5.74) is 9.68. The van der Waals surface area contributed by atoms with Crippen LogP contribution in [-0.2, 0) is 11.3 Å². The Morgan fingerprint density at radius 3 is 2.68 bits per heavy atom. The van der Waals surface area contributed by atoms with Gasteiger partial charge < -0.3 is 21.5 Å². The Morgan fingerprint density at radius 2 is 1.92 bits per heavy atom. The van der Waals surface area contributed by atoms with Crippen LogP contribution >= 0.6 is 0 Å². The summed E-state index contributed by atoms with van der Waals surface area (Å²) in [6.07, 6.45) is 8.43. The average Bonchev–Trinajstić information content (AvgIpc) is 3.66. The van der Waals surface area contributed by atoms with E-state index in [9.17, 15) is 9.90 Å². The second-order valence-electron chi connectivity index (χ2n) is 9.87. The monoisotopic (exact) mass is 502 g/mol. The van der Waals surface area contributed by atoms with Gasteiger partial charge in [0.15, 0.2) is 0 Å². The number of hydrogen-bond acceptors (Lipinski definition) is 9. The summed E-state index contributed by atoms with van der Waals surface area (Å²) < 4.78 is 0. The lowest BCUT2D eigenvalue weighted by atomic mass is 10.1. The predicted octanol–water partition coefficient (Wildman–Crippen LogP) is 2.78. The van der Waals surface area contributed by atoms with Crippen molar-refractivity contribution in [1.82, 2.24) is 24.8 Å². The maximum atomic E-state index is 11.2. The van der Waals surface area contributed by atoms with Gasteiger partial charge in [0, 0.05) is 68.1 Å². The van der Waals surface area contributed by atoms with Gasteiger partial charge in [0.2, 0.25) is 5.95 Å². The number of aromatic nitrogens is 3. The van der Waals surface area contributed by atoms with Gasteiger partial charge in [-0.3, -0.25) is 14.6 Å². The molecule has 0 atom stereocenters. The largest absolute Gasteiger partial charge is 0.480 e. The highest BCUT2D eigenvalue weighted by molar-refractivity contribution is 5.69. The molecule has 3 heterocycles. The number of nitrogens with zero attached hydrogens (tertiary/aromatic N) is 5. The van der Waals surface area contributed by atoms with Crippen LogP contribution < -0.4 is 16.4 Å². The van der Waals surface area contributed by atoms with Crippen LogP contribution in [0.4, 0.5) is 17.5 Å². The van der Waals surface area contributed by atoms with Crippen molar-refractivity contribution in [2.24, 2.45) is 5.73 Å². The van der Waals surface area contributed by atoms with E-state index < -0.39 is 5.97 Å². The number of nitrogens with two attached hydrogens (primary N) is 1. The van der Waals surface area contributed by atoms with Gasteiger partial charge in [-0.05, 0) is 61.2 Å². The van der Waals surface area contributed by atoms with E-state index in [0.717, 1.165) is 74.6 Å². The molecule has 1 aromatic carbocycles. The smallest absolute Gasteiger partial charge is 0.317 e. The van der Waals surface area contributed by atoms with E-state index in [1.807, 2.05) is 18.2 Å². The van der Waals surface area contributed by atoms with Crippen LogP contribution in [0, 0.1) is 0 Å². The zero-order chi connectivity index (χ0) is 25.7. The van der Waals surface area contributed by atoms with Crippen molar-refractivity contribution in [3.8, 4) is 11.1 Å². The molecule has 1 spiro atoms. The first-order chi connectivity index (χ1) is 18.0. The number of nitrogens with one attached hydrogen (secondary N) is 2. The van der Waals surface area contributed by atoms with E-state index in [1.165, 1.54) is 5.56 Å². The van der Waals surface area contributed by atoms with Crippen molar-refractivity contribution in [2.45, 2.75) is 31.3 Å². The van der Waals surface area contributed by atoms with Crippen molar-refractivity contribution in [1.29, 1.82) is 0 Å². The zero-order valence-electron chi connectivity index (χ0n) is 20.9. The highest BCUT2D eigenvalue weighted by atomic mass is 16.4. The molecule has 10 heteroatoms. The molecule has 2 aromatic heterocycles. The fourth-order valence-electron chi connectivity index (χ4n) is 4.96. The number of anilines is 3. The van der Waals surface area contributed by atoms with Crippen molar-refractivity contribution in [2.75, 3.05) is 49.9 Å².